The lowest BCUT2D eigenvalue weighted by Crippen LogP contribution is -2.28. The van der Waals surface area contributed by atoms with E-state index >= 15 is 0 Å². The second kappa shape index (κ2) is 18.1. The van der Waals surface area contributed by atoms with Crippen LogP contribution in [0.2, 0.25) is 0 Å². The lowest BCUT2D eigenvalue weighted by Gasteiger charge is -2.34. The van der Waals surface area contributed by atoms with Gasteiger partial charge in [0.25, 0.3) is 0 Å². The van der Waals surface area contributed by atoms with Crippen molar-refractivity contribution in [3.8, 4) is 89.5 Å². The van der Waals surface area contributed by atoms with E-state index in [-0.39, 0.29) is 0 Å². The van der Waals surface area contributed by atoms with Gasteiger partial charge in [0.1, 0.15) is 0 Å². The van der Waals surface area contributed by atoms with E-state index in [9.17, 15) is 0 Å². The zero-order valence-electron chi connectivity index (χ0n) is 40.4. The SMILES string of the molecule is c1ccc(-c2cc(-c3ccc4c(c3)C(c3ccccc3)(c3ccccc3)c3ccccc3-4)cc(-c3cc(-c4cc(-c5ccccc5)cc(-c5ccc6sc7ccccc7c6c5)c4)nc(-c4ccccc4)n3)c2)cc1. The number of aromatic nitrogens is 2. The van der Waals surface area contributed by atoms with Crippen LogP contribution in [-0.4, -0.2) is 9.97 Å². The number of hydrogen-bond donors (Lipinski definition) is 0. The van der Waals surface area contributed by atoms with Crippen molar-refractivity contribution in [2.45, 2.75) is 5.41 Å². The highest BCUT2D eigenvalue weighted by Crippen LogP contribution is 2.57. The number of fused-ring (bicyclic) bond motifs is 6. The van der Waals surface area contributed by atoms with Crippen molar-refractivity contribution in [1.29, 1.82) is 0 Å². The van der Waals surface area contributed by atoms with E-state index in [4.69, 9.17) is 9.97 Å². The highest BCUT2D eigenvalue weighted by atomic mass is 32.1. The Morgan fingerprint density at radius 3 is 1.28 bits per heavy atom. The highest BCUT2D eigenvalue weighted by Gasteiger charge is 2.46. The predicted molar refractivity (Wildman–Crippen MR) is 310 cm³/mol. The third-order valence-corrected chi connectivity index (χ3v) is 16.1. The smallest absolute Gasteiger partial charge is 0.160 e. The normalized spacial score (nSPS) is 12.4. The summed E-state index contributed by atoms with van der Waals surface area (Å²) in [6.07, 6.45) is 0. The zero-order valence-corrected chi connectivity index (χ0v) is 41.2. The van der Waals surface area contributed by atoms with Gasteiger partial charge in [-0.1, -0.05) is 212 Å². The fourth-order valence-corrected chi connectivity index (χ4v) is 12.6. The van der Waals surface area contributed by atoms with E-state index in [2.05, 4.69) is 273 Å². The summed E-state index contributed by atoms with van der Waals surface area (Å²) in [6.45, 7) is 0. The molecule has 1 aliphatic carbocycles. The molecule has 0 fully saturated rings. The number of hydrogen-bond acceptors (Lipinski definition) is 3. The molecule has 0 radical (unpaired) electrons. The number of rotatable bonds is 9. The Hall–Kier alpha value is -9.28. The Balaban J connectivity index is 0.979. The van der Waals surface area contributed by atoms with Crippen molar-refractivity contribution in [2.24, 2.45) is 0 Å². The van der Waals surface area contributed by atoms with Crippen LogP contribution in [0.1, 0.15) is 22.3 Å². The zero-order chi connectivity index (χ0) is 49.0. The van der Waals surface area contributed by atoms with Gasteiger partial charge in [-0.3, -0.25) is 0 Å². The van der Waals surface area contributed by atoms with E-state index < -0.39 is 5.41 Å². The molecule has 0 bridgehead atoms. The lowest BCUT2D eigenvalue weighted by molar-refractivity contribution is 0.769. The molecule has 0 saturated carbocycles. The maximum absolute atomic E-state index is 5.46. The molecule has 0 amide bonds. The maximum atomic E-state index is 5.46. The van der Waals surface area contributed by atoms with Gasteiger partial charge < -0.3 is 0 Å². The second-order valence-corrected chi connectivity index (χ2v) is 20.3. The first-order valence-corrected chi connectivity index (χ1v) is 26.1. The number of benzene rings is 11. The van der Waals surface area contributed by atoms with Gasteiger partial charge in [-0.05, 0) is 145 Å². The van der Waals surface area contributed by atoms with Crippen LogP contribution in [0.3, 0.4) is 0 Å². The summed E-state index contributed by atoms with van der Waals surface area (Å²) in [5.74, 6) is 0.674. The molecule has 2 nitrogen and oxygen atoms in total. The van der Waals surface area contributed by atoms with Crippen LogP contribution in [0.4, 0.5) is 0 Å². The summed E-state index contributed by atoms with van der Waals surface area (Å²) in [4.78, 5) is 10.9. The van der Waals surface area contributed by atoms with Gasteiger partial charge in [-0.15, -0.1) is 11.3 Å². The minimum absolute atomic E-state index is 0.521. The van der Waals surface area contributed by atoms with Gasteiger partial charge in [-0.25, -0.2) is 9.97 Å². The van der Waals surface area contributed by atoms with E-state index in [1.807, 2.05) is 17.4 Å². The third kappa shape index (κ3) is 7.48. The molecule has 0 saturated heterocycles. The van der Waals surface area contributed by atoms with E-state index in [0.717, 1.165) is 67.0 Å². The Kier molecular flexibility index (Phi) is 10.6. The van der Waals surface area contributed by atoms with E-state index in [1.165, 1.54) is 59.1 Å². The van der Waals surface area contributed by atoms with Crippen LogP contribution in [-0.2, 0) is 5.41 Å². The molecule has 11 aromatic carbocycles. The summed E-state index contributed by atoms with van der Waals surface area (Å²) in [5.41, 5.74) is 20.8. The molecule has 74 heavy (non-hydrogen) atoms. The fourth-order valence-electron chi connectivity index (χ4n) is 11.5. The molecule has 0 unspecified atom stereocenters. The quantitative estimate of drug-likeness (QED) is 0.144. The van der Waals surface area contributed by atoms with E-state index in [0.29, 0.717) is 5.82 Å². The number of thiophene rings is 1. The molecule has 2 aromatic heterocycles. The molecule has 0 atom stereocenters. The summed E-state index contributed by atoms with van der Waals surface area (Å²) in [5, 5.41) is 2.56. The monoisotopic (exact) mass is 958 g/mol. The van der Waals surface area contributed by atoms with E-state index in [1.54, 1.807) is 0 Å². The summed E-state index contributed by atoms with van der Waals surface area (Å²) >= 11 is 1.85. The molecular formula is C71H46N2S. The topological polar surface area (TPSA) is 25.8 Å². The van der Waals surface area contributed by atoms with Crippen molar-refractivity contribution >= 4 is 31.5 Å². The molecule has 0 N–H and O–H groups in total. The summed E-state index contributed by atoms with van der Waals surface area (Å²) in [7, 11) is 0. The average Bonchev–Trinajstić information content (AvgIpc) is 4.01. The minimum Gasteiger partial charge on any atom is -0.228 e. The Labute approximate surface area is 435 Å². The van der Waals surface area contributed by atoms with Gasteiger partial charge in [0.05, 0.1) is 16.8 Å². The molecule has 3 heteroatoms. The van der Waals surface area contributed by atoms with Gasteiger partial charge in [0, 0.05) is 36.9 Å². The maximum Gasteiger partial charge on any atom is 0.160 e. The van der Waals surface area contributed by atoms with Crippen molar-refractivity contribution in [3.63, 3.8) is 0 Å². The summed E-state index contributed by atoms with van der Waals surface area (Å²) < 4.78 is 2.59. The van der Waals surface area contributed by atoms with Crippen LogP contribution in [0, 0.1) is 0 Å². The molecular weight excluding hydrogens is 913 g/mol. The number of nitrogens with zero attached hydrogens (tertiary/aromatic N) is 2. The standard InChI is InChI=1S/C71H46N2S/c1-6-20-47(21-7-1)52-38-54(50-35-37-69-63(44-50)62-31-17-19-33-68(62)74-69)42-56(40-52)66-46-67(73-70(72-66)49-24-10-3-11-25-49)57-41-53(48-22-8-2-9-23-48)39-55(43-57)51-34-36-61-60-30-16-18-32-64(60)71(65(61)45-51,58-26-12-4-13-27-58)59-28-14-5-15-29-59/h1-46H. The molecule has 13 aromatic rings. The van der Waals surface area contributed by atoms with Crippen molar-refractivity contribution < 1.29 is 0 Å². The molecule has 14 rings (SSSR count). The molecule has 0 spiro atoms. The first-order chi connectivity index (χ1) is 36.6. The van der Waals surface area contributed by atoms with Crippen LogP contribution in [0.15, 0.2) is 279 Å². The molecule has 0 aliphatic heterocycles. The van der Waals surface area contributed by atoms with Crippen LogP contribution >= 0.6 is 11.3 Å². The average molecular weight is 959 g/mol. The Morgan fingerprint density at radius 2 is 0.689 bits per heavy atom. The van der Waals surface area contributed by atoms with Crippen LogP contribution in [0.5, 0.6) is 0 Å². The van der Waals surface area contributed by atoms with Gasteiger partial charge >= 0.3 is 0 Å². The molecule has 2 heterocycles. The summed E-state index contributed by atoms with van der Waals surface area (Å²) in [6, 6.07) is 102. The fraction of sp³-hybridized carbons (Fsp3) is 0.0141. The molecule has 1 aliphatic rings. The van der Waals surface area contributed by atoms with Crippen molar-refractivity contribution in [3.05, 3.63) is 301 Å². The van der Waals surface area contributed by atoms with Gasteiger partial charge in [0.15, 0.2) is 5.82 Å². The lowest BCUT2D eigenvalue weighted by atomic mass is 9.67. The Bertz CT molecular complexity index is 4180. The van der Waals surface area contributed by atoms with Gasteiger partial charge in [0.2, 0.25) is 0 Å². The van der Waals surface area contributed by atoms with Crippen LogP contribution < -0.4 is 0 Å². The first-order valence-electron chi connectivity index (χ1n) is 25.3. The largest absolute Gasteiger partial charge is 0.228 e. The van der Waals surface area contributed by atoms with Crippen LogP contribution in [0.25, 0.3) is 110 Å². The van der Waals surface area contributed by atoms with Crippen molar-refractivity contribution in [2.75, 3.05) is 0 Å². The third-order valence-electron chi connectivity index (χ3n) is 14.9. The highest BCUT2D eigenvalue weighted by molar-refractivity contribution is 7.25. The minimum atomic E-state index is -0.521. The van der Waals surface area contributed by atoms with Crippen molar-refractivity contribution in [1.82, 2.24) is 9.97 Å². The Morgan fingerprint density at radius 1 is 0.257 bits per heavy atom. The second-order valence-electron chi connectivity index (χ2n) is 19.3. The molecule has 346 valence electrons. The predicted octanol–water partition coefficient (Wildman–Crippen LogP) is 18.9. The first kappa shape index (κ1) is 43.5. The van der Waals surface area contributed by atoms with Gasteiger partial charge in [-0.2, -0.15) is 0 Å².